The first kappa shape index (κ1) is 16.0. The van der Waals surface area contributed by atoms with Gasteiger partial charge >= 0.3 is 0 Å². The van der Waals surface area contributed by atoms with Crippen LogP contribution < -0.4 is 0 Å². The van der Waals surface area contributed by atoms with Crippen LogP contribution in [0.2, 0.25) is 0 Å². The molecule has 1 heterocycles. The first-order valence-corrected chi connectivity index (χ1v) is 11.3. The molecule has 3 aliphatic rings. The number of rotatable bonds is 0. The summed E-state index contributed by atoms with van der Waals surface area (Å²) < 4.78 is 1.41. The number of allylic oxidation sites excluding steroid dienone is 4. The molecule has 3 aliphatic carbocycles. The van der Waals surface area contributed by atoms with E-state index in [0.717, 1.165) is 12.8 Å². The smallest absolute Gasteiger partial charge is 0.0782 e. The van der Waals surface area contributed by atoms with Gasteiger partial charge in [-0.2, -0.15) is 0 Å². The largest absolute Gasteiger partial charge is 0.138 e. The average Bonchev–Trinajstić information content (AvgIpc) is 3.37. The second-order valence-corrected chi connectivity index (χ2v) is 9.48. The molecule has 0 N–H and O–H groups in total. The van der Waals surface area contributed by atoms with E-state index < -0.39 is 0 Å². The Morgan fingerprint density at radius 2 is 1.66 bits per heavy atom. The van der Waals surface area contributed by atoms with Crippen molar-refractivity contribution in [2.75, 3.05) is 0 Å². The molecule has 0 bridgehead atoms. The third kappa shape index (κ3) is 1.73. The van der Waals surface area contributed by atoms with Crippen molar-refractivity contribution in [3.05, 3.63) is 112 Å². The highest BCUT2D eigenvalue weighted by atomic mass is 32.1. The Kier molecular flexibility index (Phi) is 2.96. The van der Waals surface area contributed by atoms with Gasteiger partial charge in [-0.05, 0) is 64.8 Å². The highest BCUT2D eigenvalue weighted by Gasteiger charge is 2.54. The van der Waals surface area contributed by atoms with E-state index in [4.69, 9.17) is 0 Å². The summed E-state index contributed by atoms with van der Waals surface area (Å²) >= 11 is 2.01. The number of hydrogen-bond donors (Lipinski definition) is 0. The van der Waals surface area contributed by atoms with E-state index in [2.05, 4.69) is 85.8 Å². The fourth-order valence-electron chi connectivity index (χ4n) is 6.07. The first-order valence-electron chi connectivity index (χ1n) is 10.4. The predicted molar refractivity (Wildman–Crippen MR) is 124 cm³/mol. The SMILES string of the molecule is Cc1cccc2c1-c1c(sc3ccccc13)C21C2=C(C=CCC2)c2ccccc21. The van der Waals surface area contributed by atoms with Crippen LogP contribution in [0.1, 0.15) is 40.0 Å². The lowest BCUT2D eigenvalue weighted by Crippen LogP contribution is -2.27. The van der Waals surface area contributed by atoms with Crippen LogP contribution in [0.4, 0.5) is 0 Å². The van der Waals surface area contributed by atoms with Crippen molar-refractivity contribution in [2.45, 2.75) is 25.2 Å². The minimum absolute atomic E-state index is 0.114. The van der Waals surface area contributed by atoms with Gasteiger partial charge in [0.05, 0.1) is 5.41 Å². The highest BCUT2D eigenvalue weighted by Crippen LogP contribution is 2.66. The summed E-state index contributed by atoms with van der Waals surface area (Å²) in [5.74, 6) is 0. The Hall–Kier alpha value is -2.90. The first-order chi connectivity index (χ1) is 14.3. The van der Waals surface area contributed by atoms with Gasteiger partial charge in [-0.15, -0.1) is 11.3 Å². The van der Waals surface area contributed by atoms with Crippen LogP contribution in [0.15, 0.2) is 84.5 Å². The van der Waals surface area contributed by atoms with Crippen molar-refractivity contribution >= 4 is 27.0 Å². The van der Waals surface area contributed by atoms with Crippen LogP contribution in [-0.2, 0) is 5.41 Å². The quantitative estimate of drug-likeness (QED) is 0.290. The van der Waals surface area contributed by atoms with Gasteiger partial charge in [0.1, 0.15) is 0 Å². The summed E-state index contributed by atoms with van der Waals surface area (Å²) in [7, 11) is 0. The van der Waals surface area contributed by atoms with Crippen LogP contribution in [-0.4, -0.2) is 0 Å². The molecule has 0 fully saturated rings. The minimum atomic E-state index is -0.114. The maximum atomic E-state index is 2.40. The Balaban J connectivity index is 1.75. The summed E-state index contributed by atoms with van der Waals surface area (Å²) in [5.41, 5.74) is 11.7. The third-order valence-electron chi connectivity index (χ3n) is 7.11. The Labute approximate surface area is 174 Å². The zero-order chi connectivity index (χ0) is 19.2. The summed E-state index contributed by atoms with van der Waals surface area (Å²) in [6.45, 7) is 2.28. The van der Waals surface area contributed by atoms with Gasteiger partial charge in [-0.1, -0.05) is 72.8 Å². The van der Waals surface area contributed by atoms with Gasteiger partial charge in [0.25, 0.3) is 0 Å². The molecule has 7 rings (SSSR count). The number of hydrogen-bond acceptors (Lipinski definition) is 1. The maximum absolute atomic E-state index is 2.40. The van der Waals surface area contributed by atoms with E-state index in [0.29, 0.717) is 0 Å². The van der Waals surface area contributed by atoms with E-state index in [-0.39, 0.29) is 5.41 Å². The zero-order valence-corrected chi connectivity index (χ0v) is 17.1. The van der Waals surface area contributed by atoms with Crippen molar-refractivity contribution in [1.29, 1.82) is 0 Å². The molecule has 0 aliphatic heterocycles. The fraction of sp³-hybridized carbons (Fsp3) is 0.143. The lowest BCUT2D eigenvalue weighted by molar-refractivity contribution is 0.726. The summed E-state index contributed by atoms with van der Waals surface area (Å²) in [4.78, 5) is 1.54. The standard InChI is InChI=1S/C28H20S/c1-17-9-8-15-23-25(17)26-20-12-4-7-16-24(20)29-27(26)28(23)21-13-5-2-10-18(21)19-11-3-6-14-22(19)28/h2-5,7-13,15-16H,6,14H2,1H3. The zero-order valence-electron chi connectivity index (χ0n) is 16.3. The van der Waals surface area contributed by atoms with Gasteiger partial charge in [0.2, 0.25) is 0 Å². The Morgan fingerprint density at radius 1 is 0.828 bits per heavy atom. The van der Waals surface area contributed by atoms with Crippen molar-refractivity contribution in [2.24, 2.45) is 0 Å². The molecule has 1 aromatic heterocycles. The van der Waals surface area contributed by atoms with Crippen LogP contribution in [0.3, 0.4) is 0 Å². The summed E-state index contributed by atoms with van der Waals surface area (Å²) in [6, 6.07) is 25.0. The van der Waals surface area contributed by atoms with Gasteiger partial charge in [-0.25, -0.2) is 0 Å². The number of thiophene rings is 1. The molecular formula is C28H20S. The predicted octanol–water partition coefficient (Wildman–Crippen LogP) is 7.64. The molecule has 1 heteroatoms. The molecule has 0 saturated heterocycles. The number of aryl methyl sites for hydroxylation is 1. The van der Waals surface area contributed by atoms with Crippen LogP contribution in [0, 0.1) is 6.92 Å². The van der Waals surface area contributed by atoms with Gasteiger partial charge in [0, 0.05) is 20.5 Å². The molecule has 4 aromatic rings. The highest BCUT2D eigenvalue weighted by molar-refractivity contribution is 7.20. The van der Waals surface area contributed by atoms with E-state index in [1.807, 2.05) is 11.3 Å². The molecular weight excluding hydrogens is 368 g/mol. The van der Waals surface area contributed by atoms with E-state index in [1.165, 1.54) is 53.9 Å². The van der Waals surface area contributed by atoms with Crippen LogP contribution in [0.25, 0.3) is 26.8 Å². The molecule has 0 amide bonds. The van der Waals surface area contributed by atoms with Crippen molar-refractivity contribution in [3.8, 4) is 11.1 Å². The third-order valence-corrected chi connectivity index (χ3v) is 8.40. The van der Waals surface area contributed by atoms with Crippen molar-refractivity contribution in [3.63, 3.8) is 0 Å². The van der Waals surface area contributed by atoms with Crippen LogP contribution in [0.5, 0.6) is 0 Å². The lowest BCUT2D eigenvalue weighted by atomic mass is 9.71. The fourth-order valence-corrected chi connectivity index (χ4v) is 7.53. The molecule has 0 nitrogen and oxygen atoms in total. The molecule has 1 unspecified atom stereocenters. The van der Waals surface area contributed by atoms with Crippen molar-refractivity contribution < 1.29 is 0 Å². The van der Waals surface area contributed by atoms with Gasteiger partial charge < -0.3 is 0 Å². The number of fused-ring (bicyclic) bond motifs is 11. The topological polar surface area (TPSA) is 0 Å². The normalized spacial score (nSPS) is 20.9. The van der Waals surface area contributed by atoms with Gasteiger partial charge in [0.15, 0.2) is 0 Å². The molecule has 1 spiro atoms. The summed E-state index contributed by atoms with van der Waals surface area (Å²) in [5, 5.41) is 1.41. The second kappa shape index (κ2) is 5.37. The lowest BCUT2D eigenvalue weighted by Gasteiger charge is -2.32. The van der Waals surface area contributed by atoms with E-state index in [9.17, 15) is 0 Å². The Bertz CT molecular complexity index is 1410. The van der Waals surface area contributed by atoms with E-state index >= 15 is 0 Å². The molecule has 0 saturated carbocycles. The van der Waals surface area contributed by atoms with Crippen molar-refractivity contribution in [1.82, 2.24) is 0 Å². The number of benzene rings is 3. The second-order valence-electron chi connectivity index (χ2n) is 8.43. The Morgan fingerprint density at radius 3 is 2.62 bits per heavy atom. The minimum Gasteiger partial charge on any atom is -0.138 e. The summed E-state index contributed by atoms with van der Waals surface area (Å²) in [6.07, 6.45) is 7.01. The molecule has 138 valence electrons. The molecule has 3 aromatic carbocycles. The van der Waals surface area contributed by atoms with Crippen LogP contribution >= 0.6 is 11.3 Å². The monoisotopic (exact) mass is 388 g/mol. The molecule has 0 radical (unpaired) electrons. The molecule has 29 heavy (non-hydrogen) atoms. The average molecular weight is 389 g/mol. The maximum Gasteiger partial charge on any atom is 0.0782 e. The van der Waals surface area contributed by atoms with Gasteiger partial charge in [-0.3, -0.25) is 0 Å². The van der Waals surface area contributed by atoms with E-state index in [1.54, 1.807) is 5.57 Å². The molecule has 1 atom stereocenters.